The number of ether oxygens (including phenoxy) is 1. The summed E-state index contributed by atoms with van der Waals surface area (Å²) >= 11 is 0. The SMILES string of the molecule is CCCCC/C=C\C/C=C\CCCCCCCC(=O)OCCCCCCCCCCC/C=C\C/C=C\CCCCCCCCCCCCCC(=O)NC(CO)C(O)CCCCCCCCCCCCCCCCCCCCCC. The first kappa shape index (κ1) is 76.8. The van der Waals surface area contributed by atoms with E-state index in [-0.39, 0.29) is 18.5 Å². The van der Waals surface area contributed by atoms with Crippen molar-refractivity contribution in [3.63, 3.8) is 0 Å². The highest BCUT2D eigenvalue weighted by molar-refractivity contribution is 5.76. The number of aliphatic hydroxyl groups is 2. The van der Waals surface area contributed by atoms with E-state index in [1.54, 1.807) is 0 Å². The molecule has 79 heavy (non-hydrogen) atoms. The fourth-order valence-corrected chi connectivity index (χ4v) is 10.9. The number of allylic oxidation sites excluding steroid dienone is 8. The Morgan fingerprint density at radius 3 is 0.987 bits per heavy atom. The van der Waals surface area contributed by atoms with Crippen LogP contribution in [0.15, 0.2) is 48.6 Å². The third-order valence-corrected chi connectivity index (χ3v) is 16.4. The standard InChI is InChI=1S/C73H137NO5/c1-3-5-7-9-11-13-15-17-19-20-21-31-34-38-41-45-49-53-57-61-65-71(76)70(69-75)74-72(77)66-62-58-54-50-46-42-39-35-32-29-27-25-23-22-24-26-28-30-33-36-40-44-48-52-56-60-64-68-79-73(78)67-63-59-55-51-47-43-37-18-16-14-12-10-8-6-4-2/h12,14,18,22-23,26,28,37,70-71,75-76H,3-11,13,15-17,19-21,24-25,27,29-36,38-69H2,1-2H3,(H,74,77)/b14-12-,23-22-,28-26-,37-18-. The van der Waals surface area contributed by atoms with Gasteiger partial charge in [0, 0.05) is 12.8 Å². The van der Waals surface area contributed by atoms with E-state index in [1.165, 1.54) is 289 Å². The second-order valence-corrected chi connectivity index (χ2v) is 24.2. The summed E-state index contributed by atoms with van der Waals surface area (Å²) in [4.78, 5) is 24.6. The highest BCUT2D eigenvalue weighted by Gasteiger charge is 2.20. The number of rotatable bonds is 66. The molecule has 0 spiro atoms. The first-order valence-corrected chi connectivity index (χ1v) is 35.4. The van der Waals surface area contributed by atoms with Gasteiger partial charge in [-0.05, 0) is 89.9 Å². The molecule has 2 unspecified atom stereocenters. The molecule has 0 heterocycles. The smallest absolute Gasteiger partial charge is 0.305 e. The van der Waals surface area contributed by atoms with Crippen LogP contribution in [0.3, 0.4) is 0 Å². The fourth-order valence-electron chi connectivity index (χ4n) is 10.9. The predicted octanol–water partition coefficient (Wildman–Crippen LogP) is 22.9. The Labute approximate surface area is 493 Å². The maximum atomic E-state index is 12.5. The van der Waals surface area contributed by atoms with Crippen LogP contribution in [0.4, 0.5) is 0 Å². The third kappa shape index (κ3) is 64.8. The van der Waals surface area contributed by atoms with Gasteiger partial charge in [-0.25, -0.2) is 0 Å². The Morgan fingerprint density at radius 1 is 0.354 bits per heavy atom. The number of amides is 1. The zero-order valence-corrected chi connectivity index (χ0v) is 53.1. The van der Waals surface area contributed by atoms with Gasteiger partial charge in [0.2, 0.25) is 5.91 Å². The van der Waals surface area contributed by atoms with Crippen molar-refractivity contribution in [1.82, 2.24) is 5.32 Å². The number of hydrogen-bond acceptors (Lipinski definition) is 5. The number of nitrogens with one attached hydrogen (secondary N) is 1. The molecular weight excluding hydrogens is 971 g/mol. The lowest BCUT2D eigenvalue weighted by Gasteiger charge is -2.22. The highest BCUT2D eigenvalue weighted by Crippen LogP contribution is 2.18. The van der Waals surface area contributed by atoms with Gasteiger partial charge in [-0.2, -0.15) is 0 Å². The van der Waals surface area contributed by atoms with Crippen LogP contribution in [0.2, 0.25) is 0 Å². The van der Waals surface area contributed by atoms with Gasteiger partial charge < -0.3 is 20.3 Å². The Bertz CT molecular complexity index is 1320. The molecule has 0 saturated heterocycles. The van der Waals surface area contributed by atoms with E-state index >= 15 is 0 Å². The monoisotopic (exact) mass is 1110 g/mol. The van der Waals surface area contributed by atoms with Gasteiger partial charge in [0.05, 0.1) is 25.4 Å². The van der Waals surface area contributed by atoms with Crippen LogP contribution in [-0.2, 0) is 14.3 Å². The third-order valence-electron chi connectivity index (χ3n) is 16.4. The summed E-state index contributed by atoms with van der Waals surface area (Å²) in [7, 11) is 0. The van der Waals surface area contributed by atoms with Gasteiger partial charge in [-0.3, -0.25) is 9.59 Å². The lowest BCUT2D eigenvalue weighted by Crippen LogP contribution is -2.45. The van der Waals surface area contributed by atoms with Crippen LogP contribution in [0.25, 0.3) is 0 Å². The molecule has 0 aliphatic heterocycles. The molecule has 1 amide bonds. The summed E-state index contributed by atoms with van der Waals surface area (Å²) in [5.41, 5.74) is 0. The molecule has 0 bridgehead atoms. The molecule has 2 atom stereocenters. The van der Waals surface area contributed by atoms with E-state index in [4.69, 9.17) is 4.74 Å². The zero-order chi connectivity index (χ0) is 57.1. The summed E-state index contributed by atoms with van der Waals surface area (Å²) in [6.45, 7) is 4.94. The number of hydrogen-bond donors (Lipinski definition) is 3. The van der Waals surface area contributed by atoms with Gasteiger partial charge in [0.15, 0.2) is 0 Å². The number of carbonyl (C=O) groups is 2. The van der Waals surface area contributed by atoms with E-state index in [2.05, 4.69) is 67.8 Å². The van der Waals surface area contributed by atoms with E-state index in [9.17, 15) is 19.8 Å². The van der Waals surface area contributed by atoms with Crippen LogP contribution in [-0.4, -0.2) is 47.4 Å². The molecule has 464 valence electrons. The molecular formula is C73H137NO5. The average Bonchev–Trinajstić information content (AvgIpc) is 3.45. The fraction of sp³-hybridized carbons (Fsp3) is 0.863. The van der Waals surface area contributed by atoms with Crippen LogP contribution in [0, 0.1) is 0 Å². The van der Waals surface area contributed by atoms with E-state index < -0.39 is 12.1 Å². The van der Waals surface area contributed by atoms with E-state index in [0.717, 1.165) is 57.8 Å². The first-order chi connectivity index (χ1) is 39.0. The van der Waals surface area contributed by atoms with Crippen molar-refractivity contribution in [2.45, 2.75) is 392 Å². The highest BCUT2D eigenvalue weighted by atomic mass is 16.5. The van der Waals surface area contributed by atoms with Crippen LogP contribution < -0.4 is 5.32 Å². The van der Waals surface area contributed by atoms with Crippen molar-refractivity contribution < 1.29 is 24.5 Å². The molecule has 0 radical (unpaired) electrons. The molecule has 0 saturated carbocycles. The second-order valence-electron chi connectivity index (χ2n) is 24.2. The largest absolute Gasteiger partial charge is 0.466 e. The Hall–Kier alpha value is -2.18. The van der Waals surface area contributed by atoms with Gasteiger partial charge >= 0.3 is 5.97 Å². The minimum Gasteiger partial charge on any atom is -0.466 e. The molecule has 0 aromatic heterocycles. The Morgan fingerprint density at radius 2 is 0.633 bits per heavy atom. The zero-order valence-electron chi connectivity index (χ0n) is 53.1. The quantitative estimate of drug-likeness (QED) is 0.0320. The number of esters is 1. The van der Waals surface area contributed by atoms with Crippen molar-refractivity contribution >= 4 is 11.9 Å². The average molecular weight is 1110 g/mol. The van der Waals surface area contributed by atoms with Gasteiger partial charge in [-0.1, -0.05) is 326 Å². The van der Waals surface area contributed by atoms with Gasteiger partial charge in [0.25, 0.3) is 0 Å². The maximum Gasteiger partial charge on any atom is 0.305 e. The van der Waals surface area contributed by atoms with E-state index in [1.807, 2.05) is 0 Å². The van der Waals surface area contributed by atoms with Crippen molar-refractivity contribution in [1.29, 1.82) is 0 Å². The van der Waals surface area contributed by atoms with Gasteiger partial charge in [-0.15, -0.1) is 0 Å². The molecule has 6 heteroatoms. The number of aliphatic hydroxyl groups excluding tert-OH is 2. The Kier molecular flexibility index (Phi) is 66.4. The van der Waals surface area contributed by atoms with Crippen molar-refractivity contribution in [2.24, 2.45) is 0 Å². The lowest BCUT2D eigenvalue weighted by molar-refractivity contribution is -0.143. The second kappa shape index (κ2) is 68.3. The lowest BCUT2D eigenvalue weighted by atomic mass is 10.0. The molecule has 0 aromatic rings. The summed E-state index contributed by atoms with van der Waals surface area (Å²) in [5, 5.41) is 23.4. The minimum absolute atomic E-state index is 0.00319. The molecule has 6 nitrogen and oxygen atoms in total. The maximum absolute atomic E-state index is 12.5. The van der Waals surface area contributed by atoms with Crippen molar-refractivity contribution in [3.05, 3.63) is 48.6 Å². The van der Waals surface area contributed by atoms with Crippen molar-refractivity contribution in [2.75, 3.05) is 13.2 Å². The minimum atomic E-state index is -0.668. The van der Waals surface area contributed by atoms with Crippen LogP contribution in [0.5, 0.6) is 0 Å². The Balaban J connectivity index is 3.43. The van der Waals surface area contributed by atoms with Gasteiger partial charge in [0.1, 0.15) is 0 Å². The molecule has 0 fully saturated rings. The van der Waals surface area contributed by atoms with Crippen molar-refractivity contribution in [3.8, 4) is 0 Å². The summed E-state index contributed by atoms with van der Waals surface area (Å²) < 4.78 is 5.48. The number of unbranched alkanes of at least 4 members (excludes halogenated alkanes) is 47. The van der Waals surface area contributed by atoms with Crippen LogP contribution >= 0.6 is 0 Å². The molecule has 0 aromatic carbocycles. The molecule has 0 aliphatic carbocycles. The normalized spacial score (nSPS) is 12.8. The van der Waals surface area contributed by atoms with Crippen LogP contribution in [0.1, 0.15) is 380 Å². The summed E-state index contributed by atoms with van der Waals surface area (Å²) in [6, 6.07) is -0.546. The molecule has 0 rings (SSSR count). The predicted molar refractivity (Wildman–Crippen MR) is 347 cm³/mol. The molecule has 0 aliphatic rings. The van der Waals surface area contributed by atoms with E-state index in [0.29, 0.717) is 25.9 Å². The molecule has 3 N–H and O–H groups in total. The number of carbonyl (C=O) groups excluding carboxylic acids is 2. The summed E-state index contributed by atoms with van der Waals surface area (Å²) in [5.74, 6) is -0.0382. The topological polar surface area (TPSA) is 95.9 Å². The summed E-state index contributed by atoms with van der Waals surface area (Å²) in [6.07, 6.45) is 88.7. The first-order valence-electron chi connectivity index (χ1n) is 35.4.